The van der Waals surface area contributed by atoms with Crippen LogP contribution in [0.2, 0.25) is 0 Å². The Balaban J connectivity index is 1.41. The van der Waals surface area contributed by atoms with Gasteiger partial charge in [-0.2, -0.15) is 0 Å². The molecule has 3 rings (SSSR count). The standard InChI is InChI=1S/C23H29FN4O/c1-25-23(27(2)16-18-7-5-10-21(24)15-18)26-13-6-11-22(29)28-14-12-19-8-3-4-9-20(19)17-28/h3-5,7-10,15H,6,11-14,16-17H2,1-2H3,(H,25,26). The molecule has 6 heteroatoms. The molecule has 1 amide bonds. The second kappa shape index (κ2) is 10.0. The van der Waals surface area contributed by atoms with Gasteiger partial charge in [0.05, 0.1) is 0 Å². The maximum Gasteiger partial charge on any atom is 0.222 e. The first-order valence-electron chi connectivity index (χ1n) is 10.1. The molecule has 0 fully saturated rings. The van der Waals surface area contributed by atoms with E-state index in [0.29, 0.717) is 26.1 Å². The number of carbonyl (C=O) groups is 1. The van der Waals surface area contributed by atoms with Crippen LogP contribution >= 0.6 is 0 Å². The van der Waals surface area contributed by atoms with Gasteiger partial charge in [-0.15, -0.1) is 0 Å². The summed E-state index contributed by atoms with van der Waals surface area (Å²) in [5.41, 5.74) is 3.49. The topological polar surface area (TPSA) is 47.9 Å². The highest BCUT2D eigenvalue weighted by Gasteiger charge is 2.19. The summed E-state index contributed by atoms with van der Waals surface area (Å²) in [6.45, 7) is 2.72. The number of carbonyl (C=O) groups excluding carboxylic acids is 1. The minimum absolute atomic E-state index is 0.199. The Bertz CT molecular complexity index is 867. The van der Waals surface area contributed by atoms with E-state index < -0.39 is 0 Å². The summed E-state index contributed by atoms with van der Waals surface area (Å²) in [5, 5.41) is 3.29. The first-order valence-corrected chi connectivity index (χ1v) is 10.1. The predicted molar refractivity (Wildman–Crippen MR) is 114 cm³/mol. The van der Waals surface area contributed by atoms with E-state index in [2.05, 4.69) is 28.5 Å². The Morgan fingerprint density at radius 2 is 2.00 bits per heavy atom. The van der Waals surface area contributed by atoms with Gasteiger partial charge < -0.3 is 15.1 Å². The molecule has 0 aromatic heterocycles. The normalized spacial score (nSPS) is 13.8. The fourth-order valence-corrected chi connectivity index (χ4v) is 3.68. The third-order valence-electron chi connectivity index (χ3n) is 5.22. The molecule has 5 nitrogen and oxygen atoms in total. The fourth-order valence-electron chi connectivity index (χ4n) is 3.68. The van der Waals surface area contributed by atoms with E-state index in [4.69, 9.17) is 0 Å². The molecule has 1 aliphatic heterocycles. The number of fused-ring (bicyclic) bond motifs is 1. The molecule has 2 aromatic carbocycles. The summed E-state index contributed by atoms with van der Waals surface area (Å²) < 4.78 is 13.4. The number of amides is 1. The van der Waals surface area contributed by atoms with Crippen molar-refractivity contribution >= 4 is 11.9 Å². The minimum atomic E-state index is -0.238. The number of guanidine groups is 1. The van der Waals surface area contributed by atoms with Gasteiger partial charge >= 0.3 is 0 Å². The Labute approximate surface area is 172 Å². The largest absolute Gasteiger partial charge is 0.356 e. The van der Waals surface area contributed by atoms with Gasteiger partial charge in [0.2, 0.25) is 5.91 Å². The Morgan fingerprint density at radius 3 is 2.76 bits per heavy atom. The zero-order valence-corrected chi connectivity index (χ0v) is 17.2. The maximum absolute atomic E-state index is 13.4. The molecule has 1 N–H and O–H groups in total. The molecular weight excluding hydrogens is 367 g/mol. The van der Waals surface area contributed by atoms with Crippen LogP contribution in [0.3, 0.4) is 0 Å². The zero-order chi connectivity index (χ0) is 20.6. The van der Waals surface area contributed by atoms with Crippen LogP contribution in [0.1, 0.15) is 29.5 Å². The monoisotopic (exact) mass is 396 g/mol. The van der Waals surface area contributed by atoms with Gasteiger partial charge in [0.25, 0.3) is 0 Å². The van der Waals surface area contributed by atoms with Crippen LogP contribution in [0.4, 0.5) is 4.39 Å². The van der Waals surface area contributed by atoms with E-state index in [1.165, 1.54) is 23.3 Å². The second-order valence-corrected chi connectivity index (χ2v) is 7.40. The van der Waals surface area contributed by atoms with E-state index in [0.717, 1.165) is 30.9 Å². The summed E-state index contributed by atoms with van der Waals surface area (Å²) in [6, 6.07) is 14.9. The molecule has 0 atom stereocenters. The first kappa shape index (κ1) is 20.8. The van der Waals surface area contributed by atoms with Crippen molar-refractivity contribution in [2.75, 3.05) is 27.2 Å². The van der Waals surface area contributed by atoms with Crippen molar-refractivity contribution in [3.05, 3.63) is 71.0 Å². The van der Waals surface area contributed by atoms with Gasteiger partial charge in [0.15, 0.2) is 5.96 Å². The molecule has 154 valence electrons. The van der Waals surface area contributed by atoms with E-state index in [-0.39, 0.29) is 11.7 Å². The Hall–Kier alpha value is -2.89. The summed E-state index contributed by atoms with van der Waals surface area (Å²) in [6.07, 6.45) is 2.18. The maximum atomic E-state index is 13.4. The summed E-state index contributed by atoms with van der Waals surface area (Å²) in [4.78, 5) is 20.7. The lowest BCUT2D eigenvalue weighted by atomic mass is 9.99. The van der Waals surface area contributed by atoms with Gasteiger partial charge in [-0.25, -0.2) is 4.39 Å². The van der Waals surface area contributed by atoms with Crippen molar-refractivity contribution < 1.29 is 9.18 Å². The number of aliphatic imine (C=N–C) groups is 1. The minimum Gasteiger partial charge on any atom is -0.356 e. The molecular formula is C23H29FN4O. The molecule has 1 heterocycles. The van der Waals surface area contributed by atoms with Crippen molar-refractivity contribution in [1.29, 1.82) is 0 Å². The number of rotatable bonds is 6. The van der Waals surface area contributed by atoms with Crippen LogP contribution in [-0.2, 0) is 24.3 Å². The third kappa shape index (κ3) is 5.79. The number of hydrogen-bond donors (Lipinski definition) is 1. The van der Waals surface area contributed by atoms with E-state index in [1.807, 2.05) is 29.0 Å². The first-order chi connectivity index (χ1) is 14.1. The lowest BCUT2D eigenvalue weighted by Crippen LogP contribution is -2.39. The van der Waals surface area contributed by atoms with Gasteiger partial charge in [-0.1, -0.05) is 36.4 Å². The Kier molecular flexibility index (Phi) is 7.22. The van der Waals surface area contributed by atoms with E-state index in [1.54, 1.807) is 13.1 Å². The average molecular weight is 397 g/mol. The van der Waals surface area contributed by atoms with Crippen LogP contribution < -0.4 is 5.32 Å². The number of nitrogens with zero attached hydrogens (tertiary/aromatic N) is 3. The molecule has 0 radical (unpaired) electrons. The molecule has 0 spiro atoms. The smallest absolute Gasteiger partial charge is 0.222 e. The third-order valence-corrected chi connectivity index (χ3v) is 5.22. The highest BCUT2D eigenvalue weighted by Crippen LogP contribution is 2.19. The van der Waals surface area contributed by atoms with E-state index >= 15 is 0 Å². The molecule has 2 aromatic rings. The van der Waals surface area contributed by atoms with Crippen LogP contribution in [0.25, 0.3) is 0 Å². The van der Waals surface area contributed by atoms with Crippen molar-refractivity contribution in [2.24, 2.45) is 4.99 Å². The molecule has 29 heavy (non-hydrogen) atoms. The van der Waals surface area contributed by atoms with Crippen LogP contribution in [0, 0.1) is 5.82 Å². The number of hydrogen-bond acceptors (Lipinski definition) is 2. The molecule has 0 bridgehead atoms. The van der Waals surface area contributed by atoms with Crippen LogP contribution in [0.15, 0.2) is 53.5 Å². The van der Waals surface area contributed by atoms with E-state index in [9.17, 15) is 9.18 Å². The molecule has 0 saturated heterocycles. The average Bonchev–Trinajstić information content (AvgIpc) is 2.73. The number of halogens is 1. The summed E-state index contributed by atoms with van der Waals surface area (Å²) in [7, 11) is 3.64. The number of benzene rings is 2. The molecule has 0 aliphatic carbocycles. The van der Waals surface area contributed by atoms with Gasteiger partial charge in [0.1, 0.15) is 5.82 Å². The lowest BCUT2D eigenvalue weighted by molar-refractivity contribution is -0.132. The van der Waals surface area contributed by atoms with Crippen molar-refractivity contribution in [2.45, 2.75) is 32.4 Å². The highest BCUT2D eigenvalue weighted by molar-refractivity contribution is 5.80. The quantitative estimate of drug-likeness (QED) is 0.463. The summed E-state index contributed by atoms with van der Waals surface area (Å²) >= 11 is 0. The van der Waals surface area contributed by atoms with Crippen LogP contribution in [-0.4, -0.2) is 48.9 Å². The zero-order valence-electron chi connectivity index (χ0n) is 17.2. The fraction of sp³-hybridized carbons (Fsp3) is 0.391. The van der Waals surface area contributed by atoms with Crippen molar-refractivity contribution in [1.82, 2.24) is 15.1 Å². The Morgan fingerprint density at radius 1 is 1.21 bits per heavy atom. The second-order valence-electron chi connectivity index (χ2n) is 7.40. The predicted octanol–water partition coefficient (Wildman–Crippen LogP) is 3.20. The molecule has 0 saturated carbocycles. The summed E-state index contributed by atoms with van der Waals surface area (Å²) in [5.74, 6) is 0.690. The van der Waals surface area contributed by atoms with Gasteiger partial charge in [-0.3, -0.25) is 9.79 Å². The SMILES string of the molecule is CN=C(NCCCC(=O)N1CCc2ccccc2C1)N(C)Cc1cccc(F)c1. The van der Waals surface area contributed by atoms with Crippen molar-refractivity contribution in [3.8, 4) is 0 Å². The molecule has 1 aliphatic rings. The number of nitrogens with one attached hydrogen (secondary N) is 1. The lowest BCUT2D eigenvalue weighted by Gasteiger charge is -2.29. The van der Waals surface area contributed by atoms with Crippen LogP contribution in [0.5, 0.6) is 0 Å². The van der Waals surface area contributed by atoms with Gasteiger partial charge in [0, 0.05) is 46.7 Å². The van der Waals surface area contributed by atoms with Gasteiger partial charge in [-0.05, 0) is 41.7 Å². The van der Waals surface area contributed by atoms with Crippen molar-refractivity contribution in [3.63, 3.8) is 0 Å². The highest BCUT2D eigenvalue weighted by atomic mass is 19.1. The molecule has 0 unspecified atom stereocenters.